The molecule has 1 fully saturated rings. The van der Waals surface area contributed by atoms with Crippen molar-refractivity contribution in [3.8, 4) is 0 Å². The van der Waals surface area contributed by atoms with Crippen LogP contribution in [0, 0.1) is 6.92 Å². The highest BCUT2D eigenvalue weighted by atomic mass is 32.2. The summed E-state index contributed by atoms with van der Waals surface area (Å²) in [5.74, 6) is -0.176. The van der Waals surface area contributed by atoms with Crippen LogP contribution >= 0.6 is 0 Å². The van der Waals surface area contributed by atoms with E-state index in [9.17, 15) is 18.0 Å². The summed E-state index contributed by atoms with van der Waals surface area (Å²) in [6.07, 6.45) is 2.89. The van der Waals surface area contributed by atoms with Crippen molar-refractivity contribution in [1.82, 2.24) is 24.2 Å². The number of hydrogen-bond donors (Lipinski definition) is 2. The Hall–Kier alpha value is -3.18. The zero-order chi connectivity index (χ0) is 24.5. The lowest BCUT2D eigenvalue weighted by Gasteiger charge is -2.22. The highest BCUT2D eigenvalue weighted by molar-refractivity contribution is 7.89. The third-order valence-corrected chi connectivity index (χ3v) is 7.80. The fourth-order valence-electron chi connectivity index (χ4n) is 4.23. The molecule has 2 N–H and O–H groups in total. The van der Waals surface area contributed by atoms with Crippen LogP contribution in [-0.4, -0.2) is 64.9 Å². The zero-order valence-electron chi connectivity index (χ0n) is 19.5. The number of imidazole rings is 1. The number of esters is 1. The molecule has 34 heavy (non-hydrogen) atoms. The number of ether oxygens (including phenoxy) is 1. The van der Waals surface area contributed by atoms with Gasteiger partial charge in [0.15, 0.2) is 0 Å². The average molecular weight is 488 g/mol. The smallest absolute Gasteiger partial charge is 0.354 e. The van der Waals surface area contributed by atoms with Crippen molar-refractivity contribution < 1.29 is 22.7 Å². The van der Waals surface area contributed by atoms with E-state index in [0.29, 0.717) is 25.8 Å². The number of aromatic amines is 1. The maximum Gasteiger partial charge on any atom is 0.354 e. The largest absolute Gasteiger partial charge is 0.461 e. The number of nitrogens with zero attached hydrogens (tertiary/aromatic N) is 3. The molecule has 182 valence electrons. The summed E-state index contributed by atoms with van der Waals surface area (Å²) in [5, 5.41) is 2.85. The molecule has 1 atom stereocenters. The van der Waals surface area contributed by atoms with E-state index in [4.69, 9.17) is 4.74 Å². The van der Waals surface area contributed by atoms with Crippen molar-refractivity contribution in [3.63, 3.8) is 0 Å². The van der Waals surface area contributed by atoms with Crippen LogP contribution in [0.3, 0.4) is 0 Å². The Kier molecular flexibility index (Phi) is 6.76. The minimum atomic E-state index is -3.96. The van der Waals surface area contributed by atoms with Gasteiger partial charge in [-0.1, -0.05) is 6.07 Å². The molecule has 1 amide bonds. The van der Waals surface area contributed by atoms with Crippen molar-refractivity contribution in [2.24, 2.45) is 7.05 Å². The molecule has 0 radical (unpaired) electrons. The Morgan fingerprint density at radius 2 is 2.09 bits per heavy atom. The molecular formula is C23H29N5O5S. The number of rotatable bonds is 8. The highest BCUT2D eigenvalue weighted by Gasteiger charge is 2.40. The van der Waals surface area contributed by atoms with E-state index >= 15 is 0 Å². The van der Waals surface area contributed by atoms with Gasteiger partial charge in [-0.15, -0.1) is 0 Å². The van der Waals surface area contributed by atoms with Crippen LogP contribution in [0.4, 0.5) is 0 Å². The summed E-state index contributed by atoms with van der Waals surface area (Å²) in [6, 6.07) is 6.45. The van der Waals surface area contributed by atoms with E-state index in [1.165, 1.54) is 21.1 Å². The molecule has 1 aromatic carbocycles. The topological polar surface area (TPSA) is 126 Å². The number of benzene rings is 1. The molecule has 0 bridgehead atoms. The highest BCUT2D eigenvalue weighted by Crippen LogP contribution is 2.27. The van der Waals surface area contributed by atoms with Crippen LogP contribution in [0.5, 0.6) is 0 Å². The van der Waals surface area contributed by atoms with Crippen LogP contribution in [0.2, 0.25) is 0 Å². The van der Waals surface area contributed by atoms with Crippen LogP contribution in [0.1, 0.15) is 41.6 Å². The van der Waals surface area contributed by atoms with Gasteiger partial charge >= 0.3 is 5.97 Å². The fourth-order valence-corrected chi connectivity index (χ4v) is 5.95. The van der Waals surface area contributed by atoms with Crippen LogP contribution < -0.4 is 5.32 Å². The first-order valence-corrected chi connectivity index (χ1v) is 12.7. The number of carbonyl (C=O) groups is 2. The predicted octanol–water partition coefficient (Wildman–Crippen LogP) is 1.90. The Labute approximate surface area is 198 Å². The van der Waals surface area contributed by atoms with Gasteiger partial charge in [0.1, 0.15) is 22.5 Å². The van der Waals surface area contributed by atoms with E-state index in [1.54, 1.807) is 14.0 Å². The molecular weight excluding hydrogens is 458 g/mol. The number of nitrogens with one attached hydrogen (secondary N) is 2. The average Bonchev–Trinajstić information content (AvgIpc) is 3.51. The fraction of sp³-hybridized carbons (Fsp3) is 0.435. The summed E-state index contributed by atoms with van der Waals surface area (Å²) in [6.45, 7) is 4.46. The van der Waals surface area contributed by atoms with Crippen molar-refractivity contribution in [3.05, 3.63) is 47.5 Å². The molecule has 4 rings (SSSR count). The second-order valence-electron chi connectivity index (χ2n) is 8.41. The molecule has 3 heterocycles. The van der Waals surface area contributed by atoms with Crippen LogP contribution in [-0.2, 0) is 33.0 Å². The van der Waals surface area contributed by atoms with E-state index in [1.807, 2.05) is 25.1 Å². The third kappa shape index (κ3) is 4.71. The molecule has 1 saturated heterocycles. The molecule has 1 aliphatic heterocycles. The van der Waals surface area contributed by atoms with Gasteiger partial charge in [0.25, 0.3) is 0 Å². The minimum absolute atomic E-state index is 0.0321. The minimum Gasteiger partial charge on any atom is -0.461 e. The number of fused-ring (bicyclic) bond motifs is 1. The molecule has 0 spiro atoms. The Morgan fingerprint density at radius 3 is 2.85 bits per heavy atom. The maximum atomic E-state index is 13.3. The molecule has 2 aromatic heterocycles. The van der Waals surface area contributed by atoms with E-state index in [-0.39, 0.29) is 29.6 Å². The molecule has 1 aliphatic rings. The SMILES string of the molecule is CCOC(=O)c1cc(S(=O)(=O)N2CCCC2C(=O)NCCc2nc3ccc(C)cc3[nH]2)cn1C. The second kappa shape index (κ2) is 9.59. The first kappa shape index (κ1) is 24.0. The van der Waals surface area contributed by atoms with Crippen molar-refractivity contribution in [2.45, 2.75) is 44.0 Å². The van der Waals surface area contributed by atoms with Crippen molar-refractivity contribution in [2.75, 3.05) is 19.7 Å². The molecule has 0 saturated carbocycles. The summed E-state index contributed by atoms with van der Waals surface area (Å²) in [4.78, 5) is 32.7. The van der Waals surface area contributed by atoms with Gasteiger partial charge < -0.3 is 19.6 Å². The van der Waals surface area contributed by atoms with Gasteiger partial charge in [0.2, 0.25) is 15.9 Å². The summed E-state index contributed by atoms with van der Waals surface area (Å²) < 4.78 is 34.2. The molecule has 11 heteroatoms. The molecule has 3 aromatic rings. The number of aromatic nitrogens is 3. The van der Waals surface area contributed by atoms with E-state index in [2.05, 4.69) is 15.3 Å². The van der Waals surface area contributed by atoms with Gasteiger partial charge in [0, 0.05) is 32.8 Å². The molecule has 10 nitrogen and oxygen atoms in total. The number of H-pyrrole nitrogens is 1. The first-order valence-electron chi connectivity index (χ1n) is 11.3. The Balaban J connectivity index is 1.42. The zero-order valence-corrected chi connectivity index (χ0v) is 20.3. The monoisotopic (exact) mass is 487 g/mol. The molecule has 1 unspecified atom stereocenters. The number of hydrogen-bond acceptors (Lipinski definition) is 6. The quantitative estimate of drug-likeness (QED) is 0.468. The predicted molar refractivity (Wildman–Crippen MR) is 126 cm³/mol. The first-order chi connectivity index (χ1) is 16.2. The number of carbonyl (C=O) groups excluding carboxylic acids is 2. The normalized spacial score (nSPS) is 16.7. The lowest BCUT2D eigenvalue weighted by atomic mass is 10.2. The lowest BCUT2D eigenvalue weighted by Crippen LogP contribution is -2.46. The number of sulfonamides is 1. The Morgan fingerprint density at radius 1 is 1.29 bits per heavy atom. The van der Waals surface area contributed by atoms with E-state index < -0.39 is 22.0 Å². The van der Waals surface area contributed by atoms with Crippen LogP contribution in [0.15, 0.2) is 35.4 Å². The van der Waals surface area contributed by atoms with Crippen molar-refractivity contribution >= 4 is 32.9 Å². The number of amides is 1. The standard InChI is InChI=1S/C23H29N5O5S/c1-4-33-23(30)20-13-16(14-27(20)3)34(31,32)28-11-5-6-19(28)22(29)24-10-9-21-25-17-8-7-15(2)12-18(17)26-21/h7-8,12-14,19H,4-6,9-11H2,1-3H3,(H,24,29)(H,25,26). The summed E-state index contributed by atoms with van der Waals surface area (Å²) in [5.41, 5.74) is 3.08. The molecule has 0 aliphatic carbocycles. The second-order valence-corrected chi connectivity index (χ2v) is 10.3. The van der Waals surface area contributed by atoms with Gasteiger partial charge in [-0.05, 0) is 50.5 Å². The summed E-state index contributed by atoms with van der Waals surface area (Å²) >= 11 is 0. The Bertz CT molecular complexity index is 1330. The van der Waals surface area contributed by atoms with Gasteiger partial charge in [-0.3, -0.25) is 4.79 Å². The van der Waals surface area contributed by atoms with Gasteiger partial charge in [0.05, 0.1) is 17.6 Å². The number of aryl methyl sites for hydroxylation is 2. The van der Waals surface area contributed by atoms with Crippen molar-refractivity contribution in [1.29, 1.82) is 0 Å². The van der Waals surface area contributed by atoms with Gasteiger partial charge in [-0.2, -0.15) is 4.31 Å². The van der Waals surface area contributed by atoms with Crippen LogP contribution in [0.25, 0.3) is 11.0 Å². The van der Waals surface area contributed by atoms with Gasteiger partial charge in [-0.25, -0.2) is 18.2 Å². The maximum absolute atomic E-state index is 13.3. The van der Waals surface area contributed by atoms with E-state index in [0.717, 1.165) is 22.4 Å². The summed E-state index contributed by atoms with van der Waals surface area (Å²) in [7, 11) is -2.37. The lowest BCUT2D eigenvalue weighted by molar-refractivity contribution is -0.124. The third-order valence-electron chi connectivity index (χ3n) is 5.92.